The quantitative estimate of drug-likeness (QED) is 0.245. The van der Waals surface area contributed by atoms with E-state index in [1.807, 2.05) is 0 Å². The Labute approximate surface area is 337 Å². The fourth-order valence-electron chi connectivity index (χ4n) is 7.48. The van der Waals surface area contributed by atoms with E-state index in [2.05, 4.69) is 10.6 Å². The predicted octanol–water partition coefficient (Wildman–Crippen LogP) is 4.52. The Hall–Kier alpha value is -5.48. The average molecular weight is 805 g/mol. The molecule has 0 fully saturated rings. The van der Waals surface area contributed by atoms with Gasteiger partial charge in [0.05, 0.1) is 61.6 Å². The van der Waals surface area contributed by atoms with Gasteiger partial charge in [-0.1, -0.05) is 45.9 Å². The Kier molecular flexibility index (Phi) is 12.9. The first-order valence-corrected chi connectivity index (χ1v) is 18.9. The van der Waals surface area contributed by atoms with Crippen molar-refractivity contribution in [3.63, 3.8) is 0 Å². The Morgan fingerprint density at radius 2 is 1.45 bits per heavy atom. The average Bonchev–Trinajstić information content (AvgIpc) is 3.47. The van der Waals surface area contributed by atoms with Crippen LogP contribution in [0.2, 0.25) is 0 Å². The molecule has 15 nitrogen and oxygen atoms in total. The molecule has 6 rings (SSSR count). The number of Topliss-reactive ketones (excluding diaryl/α,β-unsaturated/α-hetero) is 3. The van der Waals surface area contributed by atoms with E-state index in [0.717, 1.165) is 6.26 Å². The minimum absolute atomic E-state index is 0.0298. The number of aliphatic hydroxyl groups excluding tert-OH is 3. The van der Waals surface area contributed by atoms with Gasteiger partial charge in [-0.3, -0.25) is 19.2 Å². The van der Waals surface area contributed by atoms with Crippen molar-refractivity contribution in [2.75, 3.05) is 26.6 Å². The lowest BCUT2D eigenvalue weighted by molar-refractivity contribution is -0.116. The third-order valence-electron chi connectivity index (χ3n) is 11.3. The van der Waals surface area contributed by atoms with E-state index in [1.54, 1.807) is 52.0 Å². The number of rotatable bonds is 5. The van der Waals surface area contributed by atoms with Gasteiger partial charge in [-0.15, -0.1) is 0 Å². The standard InChI is InChI=1S/C43H52N2O13/c1-19-12-11-13-20(2)42(53)45-33-32(44-25-14-15-27(55-9)28(18-25)56-10)38(50)29-30(39(33)51)37(49)24(6)40-31(29)41(52)43(7,58-40)57-17-16-26(54-8)21(3)35(47)23(5)36(48)22(4)34(19)46/h11-19,21-23,26,34-36,44,46-49H,1-10H3,(H,45,53)/b12-11+,17-16+,20-13-/t19-,21+,22+,23+,26-,34-,35+,36-,43-/m0/s1. The Morgan fingerprint density at radius 3 is 2.09 bits per heavy atom. The van der Waals surface area contributed by atoms with Gasteiger partial charge in [0.2, 0.25) is 11.6 Å². The topological polar surface area (TPSA) is 219 Å². The predicted molar refractivity (Wildman–Crippen MR) is 212 cm³/mol. The van der Waals surface area contributed by atoms with E-state index < -0.39 is 105 Å². The van der Waals surface area contributed by atoms with Crippen molar-refractivity contribution in [1.82, 2.24) is 5.32 Å². The molecule has 1 aliphatic carbocycles. The number of carbonyl (C=O) groups is 4. The maximum atomic E-state index is 14.7. The molecule has 0 saturated carbocycles. The van der Waals surface area contributed by atoms with Crippen molar-refractivity contribution < 1.29 is 63.3 Å². The number of allylic oxidation sites excluding steroid dienone is 4. The molecule has 58 heavy (non-hydrogen) atoms. The molecule has 0 spiro atoms. The summed E-state index contributed by atoms with van der Waals surface area (Å²) in [6.07, 6.45) is 3.14. The summed E-state index contributed by atoms with van der Waals surface area (Å²) in [7, 11) is 4.27. The van der Waals surface area contributed by atoms with Crippen LogP contribution >= 0.6 is 0 Å². The Bertz CT molecular complexity index is 2120. The molecule has 3 heterocycles. The second-order valence-electron chi connectivity index (χ2n) is 15.2. The van der Waals surface area contributed by atoms with Crippen LogP contribution in [0.1, 0.15) is 78.2 Å². The van der Waals surface area contributed by atoms with Gasteiger partial charge < -0.3 is 54.7 Å². The van der Waals surface area contributed by atoms with E-state index in [4.69, 9.17) is 23.7 Å². The third-order valence-corrected chi connectivity index (χ3v) is 11.3. The van der Waals surface area contributed by atoms with Gasteiger partial charge in [-0.25, -0.2) is 0 Å². The molecular formula is C43H52N2O13. The van der Waals surface area contributed by atoms with Gasteiger partial charge in [0.15, 0.2) is 11.5 Å². The van der Waals surface area contributed by atoms with Crippen molar-refractivity contribution in [2.24, 2.45) is 23.7 Å². The molecule has 0 unspecified atom stereocenters. The zero-order chi connectivity index (χ0) is 43.0. The number of carbonyl (C=O) groups excluding carboxylic acids is 4. The van der Waals surface area contributed by atoms with Gasteiger partial charge in [-0.05, 0) is 32.1 Å². The van der Waals surface area contributed by atoms with Crippen LogP contribution in [0.5, 0.6) is 23.0 Å². The van der Waals surface area contributed by atoms with Crippen LogP contribution in [0, 0.1) is 30.6 Å². The first kappa shape index (κ1) is 43.6. The highest BCUT2D eigenvalue weighted by Crippen LogP contribution is 2.49. The van der Waals surface area contributed by atoms with E-state index in [9.17, 15) is 39.6 Å². The first-order chi connectivity index (χ1) is 27.3. The molecule has 2 aromatic carbocycles. The number of ketones is 3. The van der Waals surface area contributed by atoms with Gasteiger partial charge in [0.25, 0.3) is 11.7 Å². The number of aromatic hydroxyl groups is 1. The van der Waals surface area contributed by atoms with Crippen LogP contribution in [0.3, 0.4) is 0 Å². The normalized spacial score (nSPS) is 31.4. The van der Waals surface area contributed by atoms with Crippen molar-refractivity contribution in [1.29, 1.82) is 0 Å². The van der Waals surface area contributed by atoms with E-state index >= 15 is 0 Å². The summed E-state index contributed by atoms with van der Waals surface area (Å²) in [5.74, 6) is -8.33. The molecule has 0 aromatic heterocycles. The van der Waals surface area contributed by atoms with Crippen molar-refractivity contribution in [3.8, 4) is 23.0 Å². The largest absolute Gasteiger partial charge is 0.507 e. The summed E-state index contributed by atoms with van der Waals surface area (Å²) in [5, 5.41) is 50.8. The lowest BCUT2D eigenvalue weighted by Crippen LogP contribution is -2.45. The number of hydrogen-bond donors (Lipinski definition) is 6. The highest BCUT2D eigenvalue weighted by molar-refractivity contribution is 6.33. The van der Waals surface area contributed by atoms with Crippen LogP contribution in [0.15, 0.2) is 65.7 Å². The summed E-state index contributed by atoms with van der Waals surface area (Å²) in [6, 6.07) is 4.60. The third kappa shape index (κ3) is 7.86. The van der Waals surface area contributed by atoms with Crippen LogP contribution < -0.4 is 24.8 Å². The van der Waals surface area contributed by atoms with Gasteiger partial charge in [0, 0.05) is 60.6 Å². The summed E-state index contributed by atoms with van der Waals surface area (Å²) >= 11 is 0. The molecule has 0 saturated heterocycles. The molecule has 9 atom stereocenters. The summed E-state index contributed by atoms with van der Waals surface area (Å²) < 4.78 is 28.3. The zero-order valence-electron chi connectivity index (χ0n) is 34.2. The van der Waals surface area contributed by atoms with Crippen LogP contribution in [0.4, 0.5) is 5.69 Å². The monoisotopic (exact) mass is 804 g/mol. The number of phenols is 1. The molecule has 6 N–H and O–H groups in total. The minimum Gasteiger partial charge on any atom is -0.507 e. The number of nitrogens with one attached hydrogen (secondary N) is 2. The Morgan fingerprint density at radius 1 is 0.810 bits per heavy atom. The lowest BCUT2D eigenvalue weighted by Gasteiger charge is -2.36. The number of aliphatic hydroxyl groups is 3. The van der Waals surface area contributed by atoms with Gasteiger partial charge >= 0.3 is 5.79 Å². The van der Waals surface area contributed by atoms with Crippen molar-refractivity contribution in [3.05, 3.63) is 88.0 Å². The van der Waals surface area contributed by atoms with Crippen LogP contribution in [0.25, 0.3) is 0 Å². The van der Waals surface area contributed by atoms with E-state index in [0.29, 0.717) is 5.75 Å². The maximum absolute atomic E-state index is 14.7. The zero-order valence-corrected chi connectivity index (χ0v) is 34.2. The lowest BCUT2D eigenvalue weighted by atomic mass is 9.78. The molecule has 3 aliphatic heterocycles. The van der Waals surface area contributed by atoms with Crippen LogP contribution in [-0.4, -0.2) is 95.2 Å². The van der Waals surface area contributed by atoms with E-state index in [-0.39, 0.29) is 33.9 Å². The fraction of sp³-hybridized carbons (Fsp3) is 0.442. The minimum atomic E-state index is -2.10. The van der Waals surface area contributed by atoms with Crippen molar-refractivity contribution in [2.45, 2.75) is 78.7 Å². The number of hydrogen-bond acceptors (Lipinski definition) is 14. The second-order valence-corrected chi connectivity index (χ2v) is 15.2. The smallest absolute Gasteiger partial charge is 0.312 e. The maximum Gasteiger partial charge on any atom is 0.312 e. The molecule has 2 aromatic rings. The van der Waals surface area contributed by atoms with Gasteiger partial charge in [0.1, 0.15) is 22.9 Å². The number of amides is 1. The fourth-order valence-corrected chi connectivity index (χ4v) is 7.48. The summed E-state index contributed by atoms with van der Waals surface area (Å²) in [4.78, 5) is 57.3. The van der Waals surface area contributed by atoms with Crippen molar-refractivity contribution >= 4 is 28.9 Å². The highest BCUT2D eigenvalue weighted by Gasteiger charge is 2.52. The summed E-state index contributed by atoms with van der Waals surface area (Å²) in [6.45, 7) is 11.0. The second kappa shape index (κ2) is 17.2. The highest BCUT2D eigenvalue weighted by atomic mass is 16.7. The molecule has 4 aliphatic rings. The SMILES string of the molecule is COc1ccc(NC2=C3NC(=O)/C(C)=C\C=C\[C@H](C)[C@H](O)[C@@H](C)[C@H](O)[C@H](C)[C@H](O)[C@H](C)[C@@H](OC)/C=C/O[C@@]4(C)Oc5c(C)c(O)c(c(c5C4=O)C2=O)C3=O)cc1OC. The molecule has 15 heteroatoms. The molecule has 5 bridgehead atoms. The van der Waals surface area contributed by atoms with Gasteiger partial charge in [-0.2, -0.15) is 0 Å². The molecular weight excluding hydrogens is 752 g/mol. The number of benzene rings is 2. The summed E-state index contributed by atoms with van der Waals surface area (Å²) in [5.41, 5.74) is -1.90. The molecule has 1 amide bonds. The number of fused-ring (bicyclic) bond motifs is 14. The first-order valence-electron chi connectivity index (χ1n) is 18.9. The number of methoxy groups -OCH3 is 3. The molecule has 0 radical (unpaired) electrons. The molecule has 312 valence electrons. The number of phenolic OH excluding ortho intramolecular Hbond substituents is 1. The van der Waals surface area contributed by atoms with E-state index in [1.165, 1.54) is 60.3 Å². The Balaban J connectivity index is 1.69. The van der Waals surface area contributed by atoms with Crippen LogP contribution in [-0.2, 0) is 14.3 Å². The number of anilines is 1. The number of ether oxygens (including phenoxy) is 5.